The molecule has 5 heteroatoms. The molecule has 2 heterocycles. The Balaban J connectivity index is 2.23. The van der Waals surface area contributed by atoms with E-state index in [0.29, 0.717) is 5.88 Å². The molecular formula is C10H10N2O2S. The summed E-state index contributed by atoms with van der Waals surface area (Å²) in [5.41, 5.74) is 0.747. The van der Waals surface area contributed by atoms with Crippen LogP contribution in [0.1, 0.15) is 11.8 Å². The maximum Gasteiger partial charge on any atom is 0.231 e. The van der Waals surface area contributed by atoms with Crippen molar-refractivity contribution < 1.29 is 9.32 Å². The number of hydrogen-bond donors (Lipinski definition) is 1. The Morgan fingerprint density at radius 1 is 1.53 bits per heavy atom. The lowest BCUT2D eigenvalue weighted by molar-refractivity contribution is -0.114. The standard InChI is InChI=1S/C10H10N2O2S/c1-6-3-4-9(15-6)8-5-10(14-12-8)11-7(2)13/h3-5H,1-2H3,(H,11,13). The topological polar surface area (TPSA) is 55.1 Å². The number of rotatable bonds is 2. The number of amides is 1. The molecule has 1 N–H and O–H groups in total. The summed E-state index contributed by atoms with van der Waals surface area (Å²) in [6.07, 6.45) is 0. The number of anilines is 1. The zero-order valence-electron chi connectivity index (χ0n) is 8.40. The summed E-state index contributed by atoms with van der Waals surface area (Å²) in [5, 5.41) is 6.41. The first kappa shape index (κ1) is 9.92. The largest absolute Gasteiger partial charge is 0.338 e. The first-order valence-electron chi connectivity index (χ1n) is 4.46. The molecule has 4 nitrogen and oxygen atoms in total. The molecule has 1 amide bonds. The van der Waals surface area contributed by atoms with Gasteiger partial charge in [-0.25, -0.2) is 0 Å². The number of hydrogen-bond acceptors (Lipinski definition) is 4. The van der Waals surface area contributed by atoms with E-state index in [9.17, 15) is 4.79 Å². The summed E-state index contributed by atoms with van der Waals surface area (Å²) in [5.74, 6) is 0.212. The number of carbonyl (C=O) groups is 1. The SMILES string of the molecule is CC(=O)Nc1cc(-c2ccc(C)s2)no1. The van der Waals surface area contributed by atoms with Crippen molar-refractivity contribution in [3.8, 4) is 10.6 Å². The molecule has 0 bridgehead atoms. The summed E-state index contributed by atoms with van der Waals surface area (Å²) >= 11 is 1.64. The van der Waals surface area contributed by atoms with Crippen LogP contribution in [0.15, 0.2) is 22.7 Å². The fourth-order valence-electron chi connectivity index (χ4n) is 1.20. The minimum absolute atomic E-state index is 0.167. The van der Waals surface area contributed by atoms with Gasteiger partial charge in [0.05, 0.1) is 4.88 Å². The maximum atomic E-state index is 10.8. The molecule has 78 valence electrons. The van der Waals surface area contributed by atoms with Gasteiger partial charge in [-0.1, -0.05) is 5.16 Å². The van der Waals surface area contributed by atoms with Crippen LogP contribution < -0.4 is 5.32 Å². The van der Waals surface area contributed by atoms with Gasteiger partial charge in [-0.2, -0.15) is 0 Å². The fraction of sp³-hybridized carbons (Fsp3) is 0.200. The molecule has 0 aliphatic rings. The van der Waals surface area contributed by atoms with Crippen molar-refractivity contribution in [1.29, 1.82) is 0 Å². The Morgan fingerprint density at radius 2 is 2.33 bits per heavy atom. The van der Waals surface area contributed by atoms with Gasteiger partial charge in [0.1, 0.15) is 5.69 Å². The number of nitrogens with one attached hydrogen (secondary N) is 1. The highest BCUT2D eigenvalue weighted by Crippen LogP contribution is 2.28. The molecule has 2 aromatic rings. The van der Waals surface area contributed by atoms with Gasteiger partial charge in [0.2, 0.25) is 11.8 Å². The van der Waals surface area contributed by atoms with Crippen molar-refractivity contribution in [2.45, 2.75) is 13.8 Å². The van der Waals surface area contributed by atoms with Crippen LogP contribution in [0.2, 0.25) is 0 Å². The second kappa shape index (κ2) is 3.86. The van der Waals surface area contributed by atoms with Gasteiger partial charge >= 0.3 is 0 Å². The van der Waals surface area contributed by atoms with E-state index in [1.165, 1.54) is 11.8 Å². The summed E-state index contributed by atoms with van der Waals surface area (Å²) in [4.78, 5) is 13.0. The predicted octanol–water partition coefficient (Wildman–Crippen LogP) is 2.67. The second-order valence-corrected chi connectivity index (χ2v) is 4.46. The Hall–Kier alpha value is -1.62. The summed E-state index contributed by atoms with van der Waals surface area (Å²) in [7, 11) is 0. The zero-order chi connectivity index (χ0) is 10.8. The lowest BCUT2D eigenvalue weighted by atomic mass is 10.3. The second-order valence-electron chi connectivity index (χ2n) is 3.17. The molecule has 0 fully saturated rings. The normalized spacial score (nSPS) is 10.3. The van der Waals surface area contributed by atoms with Gasteiger partial charge in [0.25, 0.3) is 0 Å². The zero-order valence-corrected chi connectivity index (χ0v) is 9.22. The number of aryl methyl sites for hydroxylation is 1. The number of carbonyl (C=O) groups excluding carboxylic acids is 1. The van der Waals surface area contributed by atoms with Gasteiger partial charge in [-0.3, -0.25) is 10.1 Å². The van der Waals surface area contributed by atoms with E-state index in [4.69, 9.17) is 4.52 Å². The minimum Gasteiger partial charge on any atom is -0.338 e. The molecule has 0 aliphatic heterocycles. The third kappa shape index (κ3) is 2.24. The van der Waals surface area contributed by atoms with E-state index >= 15 is 0 Å². The molecule has 0 saturated carbocycles. The van der Waals surface area contributed by atoms with Crippen molar-refractivity contribution in [1.82, 2.24) is 5.16 Å². The predicted molar refractivity (Wildman–Crippen MR) is 58.9 cm³/mol. The van der Waals surface area contributed by atoms with Crippen molar-refractivity contribution in [3.63, 3.8) is 0 Å². The molecule has 0 aromatic carbocycles. The summed E-state index contributed by atoms with van der Waals surface area (Å²) < 4.78 is 4.96. The smallest absolute Gasteiger partial charge is 0.231 e. The van der Waals surface area contributed by atoms with E-state index in [0.717, 1.165) is 10.6 Å². The van der Waals surface area contributed by atoms with Crippen molar-refractivity contribution in [3.05, 3.63) is 23.1 Å². The maximum absolute atomic E-state index is 10.8. The molecule has 0 radical (unpaired) electrons. The lowest BCUT2D eigenvalue weighted by Gasteiger charge is -1.90. The van der Waals surface area contributed by atoms with Crippen LogP contribution in [0.3, 0.4) is 0 Å². The molecule has 15 heavy (non-hydrogen) atoms. The average molecular weight is 222 g/mol. The van der Waals surface area contributed by atoms with Crippen LogP contribution in [0, 0.1) is 6.92 Å². The van der Waals surface area contributed by atoms with Gasteiger partial charge in [0, 0.05) is 17.9 Å². The van der Waals surface area contributed by atoms with Crippen LogP contribution >= 0.6 is 11.3 Å². The quantitative estimate of drug-likeness (QED) is 0.849. The first-order valence-corrected chi connectivity index (χ1v) is 5.28. The van der Waals surface area contributed by atoms with E-state index in [-0.39, 0.29) is 5.91 Å². The van der Waals surface area contributed by atoms with Crippen LogP contribution in [-0.4, -0.2) is 11.1 Å². The summed E-state index contributed by atoms with van der Waals surface area (Å²) in [6, 6.07) is 5.72. The van der Waals surface area contributed by atoms with E-state index in [2.05, 4.69) is 10.5 Å². The average Bonchev–Trinajstić information content (AvgIpc) is 2.72. The van der Waals surface area contributed by atoms with Crippen LogP contribution in [0.4, 0.5) is 5.88 Å². The van der Waals surface area contributed by atoms with Gasteiger partial charge in [-0.15, -0.1) is 11.3 Å². The molecule has 0 saturated heterocycles. The molecule has 0 aliphatic carbocycles. The fourth-order valence-corrected chi connectivity index (χ4v) is 2.02. The molecule has 0 unspecified atom stereocenters. The Kier molecular flexibility index (Phi) is 2.55. The van der Waals surface area contributed by atoms with Crippen LogP contribution in [0.25, 0.3) is 10.6 Å². The highest BCUT2D eigenvalue weighted by Gasteiger charge is 2.08. The van der Waals surface area contributed by atoms with Crippen molar-refractivity contribution >= 4 is 23.1 Å². The Morgan fingerprint density at radius 3 is 2.93 bits per heavy atom. The number of nitrogens with zero attached hydrogens (tertiary/aromatic N) is 1. The van der Waals surface area contributed by atoms with E-state index < -0.39 is 0 Å². The number of thiophene rings is 1. The van der Waals surface area contributed by atoms with Crippen LogP contribution in [0.5, 0.6) is 0 Å². The molecule has 0 spiro atoms. The van der Waals surface area contributed by atoms with Gasteiger partial charge in [-0.05, 0) is 19.1 Å². The highest BCUT2D eigenvalue weighted by atomic mass is 32.1. The third-order valence-electron chi connectivity index (χ3n) is 1.80. The van der Waals surface area contributed by atoms with E-state index in [1.54, 1.807) is 17.4 Å². The molecule has 2 rings (SSSR count). The number of aromatic nitrogens is 1. The van der Waals surface area contributed by atoms with E-state index in [1.807, 2.05) is 19.1 Å². The molecule has 2 aromatic heterocycles. The molecule has 0 atom stereocenters. The lowest BCUT2D eigenvalue weighted by Crippen LogP contribution is -2.04. The first-order chi connectivity index (χ1) is 7.15. The summed E-state index contributed by atoms with van der Waals surface area (Å²) in [6.45, 7) is 3.46. The van der Waals surface area contributed by atoms with Crippen LogP contribution in [-0.2, 0) is 4.79 Å². The third-order valence-corrected chi connectivity index (χ3v) is 2.83. The molecular weight excluding hydrogens is 212 g/mol. The van der Waals surface area contributed by atoms with Gasteiger partial charge in [0.15, 0.2) is 0 Å². The monoisotopic (exact) mass is 222 g/mol. The minimum atomic E-state index is -0.167. The highest BCUT2D eigenvalue weighted by molar-refractivity contribution is 7.15. The van der Waals surface area contributed by atoms with Crippen molar-refractivity contribution in [2.24, 2.45) is 0 Å². The Bertz CT molecular complexity index is 487. The van der Waals surface area contributed by atoms with Crippen molar-refractivity contribution in [2.75, 3.05) is 5.32 Å². The van der Waals surface area contributed by atoms with Gasteiger partial charge < -0.3 is 4.52 Å². The Labute approximate surface area is 90.9 Å².